The topological polar surface area (TPSA) is 9.23 Å². The normalized spacial score (nSPS) is 15.8. The molecule has 0 aromatic carbocycles. The van der Waals surface area contributed by atoms with Crippen LogP contribution in [0.2, 0.25) is 6.55 Å². The van der Waals surface area contributed by atoms with Gasteiger partial charge in [-0.3, -0.25) is 0 Å². The molecule has 2 heteroatoms. The van der Waals surface area contributed by atoms with Gasteiger partial charge in [0.2, 0.25) is 0 Å². The van der Waals surface area contributed by atoms with E-state index in [1.807, 2.05) is 6.92 Å². The van der Waals surface area contributed by atoms with E-state index in [9.17, 15) is 0 Å². The highest BCUT2D eigenvalue weighted by Gasteiger charge is 1.95. The van der Waals surface area contributed by atoms with Crippen LogP contribution in [0.25, 0.3) is 0 Å². The monoisotopic (exact) mass is 132 g/mol. The van der Waals surface area contributed by atoms with Gasteiger partial charge in [0.15, 0.2) is 9.76 Å². The maximum absolute atomic E-state index is 4.97. The maximum atomic E-state index is 4.97. The van der Waals surface area contributed by atoms with Crippen molar-refractivity contribution in [3.8, 4) is 0 Å². The van der Waals surface area contributed by atoms with Crippen molar-refractivity contribution < 1.29 is 4.43 Å². The summed E-state index contributed by atoms with van der Waals surface area (Å²) in [7, 11) is -0.0860. The fraction of sp³-hybridized carbons (Fsp3) is 1.00. The van der Waals surface area contributed by atoms with Crippen LogP contribution >= 0.6 is 0 Å². The van der Waals surface area contributed by atoms with E-state index in [1.165, 1.54) is 19.3 Å². The summed E-state index contributed by atoms with van der Waals surface area (Å²) in [5.74, 6) is 0. The fourth-order valence-corrected chi connectivity index (χ4v) is 0.612. The van der Waals surface area contributed by atoms with Crippen molar-refractivity contribution in [2.45, 2.75) is 32.7 Å². The molecule has 1 aliphatic carbocycles. The molecule has 0 heterocycles. The van der Waals surface area contributed by atoms with Crippen molar-refractivity contribution in [1.82, 2.24) is 0 Å². The molecule has 0 N–H and O–H groups in total. The van der Waals surface area contributed by atoms with Crippen LogP contribution in [-0.4, -0.2) is 16.4 Å². The lowest BCUT2D eigenvalue weighted by Crippen LogP contribution is -1.88. The fourth-order valence-electron chi connectivity index (χ4n) is 0.204. The van der Waals surface area contributed by atoms with Gasteiger partial charge in [0.25, 0.3) is 0 Å². The van der Waals surface area contributed by atoms with E-state index in [1.54, 1.807) is 0 Å². The van der Waals surface area contributed by atoms with E-state index in [0.717, 1.165) is 6.61 Å². The zero-order valence-corrected chi connectivity index (χ0v) is 7.36. The van der Waals surface area contributed by atoms with E-state index >= 15 is 0 Å². The Morgan fingerprint density at radius 2 is 1.88 bits per heavy atom. The summed E-state index contributed by atoms with van der Waals surface area (Å²) < 4.78 is 4.97. The largest absolute Gasteiger partial charge is 0.425 e. The molecule has 8 heavy (non-hydrogen) atoms. The molecule has 1 saturated carbocycles. The van der Waals surface area contributed by atoms with Crippen LogP contribution < -0.4 is 0 Å². The smallest absolute Gasteiger partial charge is 0.158 e. The minimum atomic E-state index is -0.0860. The molecule has 1 rings (SSSR count). The summed E-state index contributed by atoms with van der Waals surface area (Å²) in [4.78, 5) is 0. The summed E-state index contributed by atoms with van der Waals surface area (Å²) in [6.45, 7) is 5.06. The minimum absolute atomic E-state index is 0.0860. The van der Waals surface area contributed by atoms with Crippen LogP contribution in [0, 0.1) is 0 Å². The lowest BCUT2D eigenvalue weighted by molar-refractivity contribution is 0.364. The molecular weight excluding hydrogens is 116 g/mol. The third-order valence-corrected chi connectivity index (χ3v) is 1.58. The standard InChI is InChI=1S/C3H10OSi.C3H6/c1-3-4-5-2;1-2-3-1/h3,5H2,1-2H3;1-3H2. The predicted octanol–water partition coefficient (Wildman–Crippen LogP) is 1.33. The molecule has 1 aliphatic rings. The van der Waals surface area contributed by atoms with Crippen molar-refractivity contribution in [3.63, 3.8) is 0 Å². The Kier molecular flexibility index (Phi) is 7.34. The first kappa shape index (κ1) is 8.18. The quantitative estimate of drug-likeness (QED) is 0.515. The molecule has 0 saturated heterocycles. The molecule has 0 aromatic rings. The molecular formula is C6H16OSi. The lowest BCUT2D eigenvalue weighted by atomic mass is 10.9. The second-order valence-electron chi connectivity index (χ2n) is 1.84. The van der Waals surface area contributed by atoms with Gasteiger partial charge in [0.1, 0.15) is 0 Å². The molecule has 0 amide bonds. The molecule has 0 bridgehead atoms. The van der Waals surface area contributed by atoms with E-state index in [4.69, 9.17) is 4.43 Å². The van der Waals surface area contributed by atoms with Crippen molar-refractivity contribution in [2.24, 2.45) is 0 Å². The van der Waals surface area contributed by atoms with Crippen molar-refractivity contribution in [2.75, 3.05) is 6.61 Å². The molecule has 0 spiro atoms. The van der Waals surface area contributed by atoms with Crippen molar-refractivity contribution in [1.29, 1.82) is 0 Å². The summed E-state index contributed by atoms with van der Waals surface area (Å²) in [5, 5.41) is 0. The minimum Gasteiger partial charge on any atom is -0.425 e. The molecule has 0 atom stereocenters. The van der Waals surface area contributed by atoms with Gasteiger partial charge in [-0.2, -0.15) is 0 Å². The Bertz CT molecular complexity index is 32.8. The molecule has 1 nitrogen and oxygen atoms in total. The van der Waals surface area contributed by atoms with Gasteiger partial charge in [0, 0.05) is 6.61 Å². The van der Waals surface area contributed by atoms with E-state index < -0.39 is 0 Å². The van der Waals surface area contributed by atoms with E-state index in [-0.39, 0.29) is 9.76 Å². The van der Waals surface area contributed by atoms with Crippen LogP contribution in [0.1, 0.15) is 26.2 Å². The zero-order chi connectivity index (χ0) is 6.24. The third kappa shape index (κ3) is 16.4. The highest BCUT2D eigenvalue weighted by molar-refractivity contribution is 6.24. The first-order valence-electron chi connectivity index (χ1n) is 3.49. The van der Waals surface area contributed by atoms with Gasteiger partial charge in [-0.05, 0) is 6.92 Å². The predicted molar refractivity (Wildman–Crippen MR) is 39.9 cm³/mol. The second-order valence-corrected chi connectivity index (χ2v) is 2.83. The Morgan fingerprint density at radius 3 is 1.88 bits per heavy atom. The third-order valence-electron chi connectivity index (χ3n) is 0.762. The van der Waals surface area contributed by atoms with Crippen LogP contribution in [0.15, 0.2) is 0 Å². The van der Waals surface area contributed by atoms with Crippen molar-refractivity contribution in [3.05, 3.63) is 0 Å². The zero-order valence-electron chi connectivity index (χ0n) is 5.94. The molecule has 50 valence electrons. The summed E-state index contributed by atoms with van der Waals surface area (Å²) in [6.07, 6.45) is 4.50. The highest BCUT2D eigenvalue weighted by atomic mass is 28.2. The second kappa shape index (κ2) is 7.18. The van der Waals surface area contributed by atoms with Gasteiger partial charge < -0.3 is 4.43 Å². The first-order valence-corrected chi connectivity index (χ1v) is 5.48. The molecule has 0 aromatic heterocycles. The van der Waals surface area contributed by atoms with Gasteiger partial charge in [-0.1, -0.05) is 25.8 Å². The average molecular weight is 132 g/mol. The lowest BCUT2D eigenvalue weighted by Gasteiger charge is -1.86. The molecule has 1 fully saturated rings. The van der Waals surface area contributed by atoms with Gasteiger partial charge in [0.05, 0.1) is 0 Å². The number of hydrogen-bond donors (Lipinski definition) is 0. The van der Waals surface area contributed by atoms with Crippen LogP contribution in [-0.2, 0) is 4.43 Å². The molecule has 0 aliphatic heterocycles. The van der Waals surface area contributed by atoms with Gasteiger partial charge >= 0.3 is 0 Å². The maximum Gasteiger partial charge on any atom is 0.158 e. The van der Waals surface area contributed by atoms with E-state index in [2.05, 4.69) is 6.55 Å². The molecule has 0 radical (unpaired) electrons. The van der Waals surface area contributed by atoms with Crippen molar-refractivity contribution >= 4 is 9.76 Å². The Balaban J connectivity index is 0.000000135. The summed E-state index contributed by atoms with van der Waals surface area (Å²) >= 11 is 0. The number of rotatable bonds is 2. The Hall–Kier alpha value is 0.177. The van der Waals surface area contributed by atoms with E-state index in [0.29, 0.717) is 0 Å². The van der Waals surface area contributed by atoms with Crippen LogP contribution in [0.5, 0.6) is 0 Å². The van der Waals surface area contributed by atoms with Crippen LogP contribution in [0.4, 0.5) is 0 Å². The SMILES string of the molecule is C1CC1.CCO[SiH2]C. The van der Waals surface area contributed by atoms with Gasteiger partial charge in [-0.15, -0.1) is 0 Å². The number of hydrogen-bond acceptors (Lipinski definition) is 1. The van der Waals surface area contributed by atoms with Crippen LogP contribution in [0.3, 0.4) is 0 Å². The average Bonchev–Trinajstić information content (AvgIpc) is 2.50. The first-order chi connectivity index (χ1) is 3.91. The summed E-state index contributed by atoms with van der Waals surface area (Å²) in [5.41, 5.74) is 0. The Morgan fingerprint density at radius 1 is 1.38 bits per heavy atom. The van der Waals surface area contributed by atoms with Gasteiger partial charge in [-0.25, -0.2) is 0 Å². The molecule has 0 unspecified atom stereocenters. The Labute approximate surface area is 54.4 Å². The highest BCUT2D eigenvalue weighted by Crippen LogP contribution is 2.14. The summed E-state index contributed by atoms with van der Waals surface area (Å²) in [6, 6.07) is 0.